The first-order chi connectivity index (χ1) is 8.86. The van der Waals surface area contributed by atoms with Gasteiger partial charge in [0.1, 0.15) is 0 Å². The van der Waals surface area contributed by atoms with Gasteiger partial charge in [-0.05, 0) is 47.8 Å². The molecule has 3 heteroatoms. The number of thiophene rings is 1. The summed E-state index contributed by atoms with van der Waals surface area (Å²) >= 11 is 1.80. The van der Waals surface area contributed by atoms with Crippen LogP contribution in [0.1, 0.15) is 4.88 Å². The van der Waals surface area contributed by atoms with Crippen LogP contribution in [-0.4, -0.2) is 12.0 Å². The number of rotatable bonds is 3. The van der Waals surface area contributed by atoms with Crippen molar-refractivity contribution in [3.05, 3.63) is 52.9 Å². The van der Waals surface area contributed by atoms with E-state index in [0.717, 1.165) is 12.1 Å². The molecule has 0 aliphatic heterocycles. The quantitative estimate of drug-likeness (QED) is 0.771. The first kappa shape index (κ1) is 11.4. The Balaban J connectivity index is 2.02. The van der Waals surface area contributed by atoms with Crippen LogP contribution in [0, 0.1) is 0 Å². The largest absolute Gasteiger partial charge is 0.315 e. The van der Waals surface area contributed by atoms with Gasteiger partial charge in [0.15, 0.2) is 0 Å². The van der Waals surface area contributed by atoms with Gasteiger partial charge in [0.05, 0.1) is 5.52 Å². The van der Waals surface area contributed by atoms with Crippen LogP contribution in [0.5, 0.6) is 0 Å². The Morgan fingerprint density at radius 2 is 2.11 bits per heavy atom. The fourth-order valence-electron chi connectivity index (χ4n) is 2.05. The molecule has 18 heavy (non-hydrogen) atoms. The average Bonchev–Trinajstić information content (AvgIpc) is 2.87. The van der Waals surface area contributed by atoms with Crippen LogP contribution < -0.4 is 5.32 Å². The zero-order chi connectivity index (χ0) is 12.4. The van der Waals surface area contributed by atoms with Gasteiger partial charge in [0.2, 0.25) is 0 Å². The summed E-state index contributed by atoms with van der Waals surface area (Å²) in [6.07, 6.45) is 1.83. The van der Waals surface area contributed by atoms with Gasteiger partial charge in [0.25, 0.3) is 0 Å². The lowest BCUT2D eigenvalue weighted by molar-refractivity contribution is 0.831. The van der Waals surface area contributed by atoms with Crippen LogP contribution in [0.3, 0.4) is 0 Å². The number of nitrogens with zero attached hydrogens (tertiary/aromatic N) is 1. The lowest BCUT2D eigenvalue weighted by atomic mass is 10.1. The number of hydrogen-bond acceptors (Lipinski definition) is 3. The van der Waals surface area contributed by atoms with E-state index in [2.05, 4.69) is 46.0 Å². The van der Waals surface area contributed by atoms with E-state index < -0.39 is 0 Å². The van der Waals surface area contributed by atoms with Gasteiger partial charge in [-0.2, -0.15) is 0 Å². The molecular formula is C15H14N2S. The van der Waals surface area contributed by atoms with Crippen molar-refractivity contribution in [2.75, 3.05) is 7.05 Å². The van der Waals surface area contributed by atoms with Crippen LogP contribution in [0.25, 0.3) is 22.0 Å². The van der Waals surface area contributed by atoms with Gasteiger partial charge in [-0.15, -0.1) is 11.3 Å². The summed E-state index contributed by atoms with van der Waals surface area (Å²) in [6, 6.07) is 12.8. The van der Waals surface area contributed by atoms with Crippen molar-refractivity contribution >= 4 is 22.2 Å². The summed E-state index contributed by atoms with van der Waals surface area (Å²) in [7, 11) is 1.97. The fourth-order valence-corrected chi connectivity index (χ4v) is 2.96. The number of pyridine rings is 1. The predicted molar refractivity (Wildman–Crippen MR) is 77.8 cm³/mol. The van der Waals surface area contributed by atoms with Crippen LogP contribution in [0.4, 0.5) is 0 Å². The van der Waals surface area contributed by atoms with E-state index in [1.54, 1.807) is 11.3 Å². The molecule has 0 aliphatic carbocycles. The Labute approximate surface area is 110 Å². The van der Waals surface area contributed by atoms with E-state index in [9.17, 15) is 0 Å². The molecule has 0 saturated carbocycles. The van der Waals surface area contributed by atoms with E-state index in [-0.39, 0.29) is 0 Å². The third-order valence-corrected chi connectivity index (χ3v) is 3.88. The van der Waals surface area contributed by atoms with Crippen molar-refractivity contribution in [2.24, 2.45) is 0 Å². The molecule has 1 aromatic carbocycles. The monoisotopic (exact) mass is 254 g/mol. The molecule has 2 heterocycles. The van der Waals surface area contributed by atoms with E-state index >= 15 is 0 Å². The molecule has 3 aromatic rings. The zero-order valence-electron chi connectivity index (χ0n) is 10.2. The average molecular weight is 254 g/mol. The molecule has 2 aromatic heterocycles. The van der Waals surface area contributed by atoms with E-state index in [0.29, 0.717) is 0 Å². The molecule has 0 amide bonds. The molecule has 0 atom stereocenters. The molecular weight excluding hydrogens is 240 g/mol. The van der Waals surface area contributed by atoms with Gasteiger partial charge in [-0.25, -0.2) is 0 Å². The van der Waals surface area contributed by atoms with Crippen molar-refractivity contribution in [3.8, 4) is 11.1 Å². The third kappa shape index (κ3) is 2.15. The second-order valence-corrected chi connectivity index (χ2v) is 5.24. The summed E-state index contributed by atoms with van der Waals surface area (Å²) in [5, 5.41) is 6.58. The maximum Gasteiger partial charge on any atom is 0.0702 e. The molecule has 0 radical (unpaired) electrons. The number of nitrogens with one attached hydrogen (secondary N) is 1. The third-order valence-electron chi connectivity index (χ3n) is 2.94. The van der Waals surface area contributed by atoms with E-state index in [4.69, 9.17) is 0 Å². The summed E-state index contributed by atoms with van der Waals surface area (Å²) < 4.78 is 0. The van der Waals surface area contributed by atoms with Crippen molar-refractivity contribution in [3.63, 3.8) is 0 Å². The fraction of sp³-hybridized carbons (Fsp3) is 0.133. The first-order valence-electron chi connectivity index (χ1n) is 5.94. The molecule has 0 spiro atoms. The Kier molecular flexibility index (Phi) is 3.09. The molecule has 0 fully saturated rings. The maximum absolute atomic E-state index is 4.34. The summed E-state index contributed by atoms with van der Waals surface area (Å²) in [6.45, 7) is 0.930. The van der Waals surface area contributed by atoms with Gasteiger partial charge in [0, 0.05) is 23.0 Å². The van der Waals surface area contributed by atoms with Gasteiger partial charge < -0.3 is 5.32 Å². The summed E-state index contributed by atoms with van der Waals surface area (Å²) in [5.41, 5.74) is 3.59. The van der Waals surface area contributed by atoms with E-state index in [1.807, 2.05) is 19.3 Å². The highest BCUT2D eigenvalue weighted by Crippen LogP contribution is 2.27. The Morgan fingerprint density at radius 1 is 1.17 bits per heavy atom. The van der Waals surface area contributed by atoms with Gasteiger partial charge in [-0.1, -0.05) is 12.1 Å². The van der Waals surface area contributed by atoms with E-state index in [1.165, 1.54) is 21.4 Å². The molecule has 0 bridgehead atoms. The molecule has 0 saturated heterocycles. The van der Waals surface area contributed by atoms with Crippen molar-refractivity contribution < 1.29 is 0 Å². The van der Waals surface area contributed by atoms with Crippen LogP contribution in [0.15, 0.2) is 48.0 Å². The molecule has 0 aliphatic rings. The predicted octanol–water partition coefficient (Wildman–Crippen LogP) is 3.68. The minimum atomic E-state index is 0.930. The van der Waals surface area contributed by atoms with Crippen LogP contribution >= 0.6 is 11.3 Å². The first-order valence-corrected chi connectivity index (χ1v) is 6.82. The highest BCUT2D eigenvalue weighted by Gasteiger charge is 2.03. The van der Waals surface area contributed by atoms with Crippen molar-refractivity contribution in [1.29, 1.82) is 0 Å². The Hall–Kier alpha value is -1.71. The number of benzene rings is 1. The van der Waals surface area contributed by atoms with Crippen molar-refractivity contribution in [2.45, 2.75) is 6.54 Å². The SMILES string of the molecule is CNCc1cc(-c2ccc3ncccc3c2)cs1. The lowest BCUT2D eigenvalue weighted by Crippen LogP contribution is -2.02. The minimum absolute atomic E-state index is 0.930. The lowest BCUT2D eigenvalue weighted by Gasteiger charge is -2.00. The molecule has 2 nitrogen and oxygen atoms in total. The molecule has 3 rings (SSSR count). The Morgan fingerprint density at radius 3 is 3.00 bits per heavy atom. The molecule has 0 unspecified atom stereocenters. The second-order valence-electron chi connectivity index (χ2n) is 4.24. The number of aromatic nitrogens is 1. The zero-order valence-corrected chi connectivity index (χ0v) is 11.0. The summed E-state index contributed by atoms with van der Waals surface area (Å²) in [4.78, 5) is 5.70. The molecule has 1 N–H and O–H groups in total. The summed E-state index contributed by atoms with van der Waals surface area (Å²) in [5.74, 6) is 0. The van der Waals surface area contributed by atoms with Gasteiger partial charge in [-0.3, -0.25) is 4.98 Å². The molecule has 90 valence electrons. The number of hydrogen-bond donors (Lipinski definition) is 1. The Bertz CT molecular complexity index is 673. The van der Waals surface area contributed by atoms with Gasteiger partial charge >= 0.3 is 0 Å². The smallest absolute Gasteiger partial charge is 0.0702 e. The second kappa shape index (κ2) is 4.88. The highest BCUT2D eigenvalue weighted by molar-refractivity contribution is 7.10. The standard InChI is InChI=1S/C15H14N2S/c1-16-9-14-8-13(10-18-14)11-4-5-15-12(7-11)3-2-6-17-15/h2-8,10,16H,9H2,1H3. The van der Waals surface area contributed by atoms with Crippen molar-refractivity contribution in [1.82, 2.24) is 10.3 Å². The van der Waals surface area contributed by atoms with Crippen LogP contribution in [-0.2, 0) is 6.54 Å². The highest BCUT2D eigenvalue weighted by atomic mass is 32.1. The topological polar surface area (TPSA) is 24.9 Å². The maximum atomic E-state index is 4.34. The normalized spacial score (nSPS) is 10.9. The number of fused-ring (bicyclic) bond motifs is 1. The van der Waals surface area contributed by atoms with Crippen LogP contribution in [0.2, 0.25) is 0 Å². The minimum Gasteiger partial charge on any atom is -0.315 e.